The van der Waals surface area contributed by atoms with E-state index >= 15 is 0 Å². The zero-order valence-corrected chi connectivity index (χ0v) is 13.6. The molecule has 0 saturated carbocycles. The van der Waals surface area contributed by atoms with E-state index in [0.717, 1.165) is 24.4 Å². The summed E-state index contributed by atoms with van der Waals surface area (Å²) in [6.45, 7) is 3.72. The Hall–Kier alpha value is -2.01. The summed E-state index contributed by atoms with van der Waals surface area (Å²) in [5, 5.41) is 2.11. The smallest absolute Gasteiger partial charge is 0.144 e. The van der Waals surface area contributed by atoms with Gasteiger partial charge in [0.25, 0.3) is 0 Å². The predicted molar refractivity (Wildman–Crippen MR) is 94.0 cm³/mol. The highest BCUT2D eigenvalue weighted by atomic mass is 32.1. The molecular formula is C17H17BN2OS. The quantitative estimate of drug-likeness (QED) is 0.695. The first-order chi connectivity index (χ1) is 10.8. The molecule has 1 aliphatic rings. The average Bonchev–Trinajstić information content (AvgIpc) is 3.16. The van der Waals surface area contributed by atoms with Crippen molar-refractivity contribution in [2.75, 3.05) is 6.61 Å². The van der Waals surface area contributed by atoms with Crippen LogP contribution >= 0.6 is 11.3 Å². The van der Waals surface area contributed by atoms with Crippen molar-refractivity contribution in [2.24, 2.45) is 0 Å². The molecule has 1 aromatic carbocycles. The Morgan fingerprint density at radius 2 is 2.32 bits per heavy atom. The van der Waals surface area contributed by atoms with E-state index in [2.05, 4.69) is 47.0 Å². The highest BCUT2D eigenvalue weighted by molar-refractivity contribution is 7.13. The van der Waals surface area contributed by atoms with Gasteiger partial charge < -0.3 is 9.30 Å². The number of benzene rings is 1. The highest BCUT2D eigenvalue weighted by Gasteiger charge is 2.23. The van der Waals surface area contributed by atoms with E-state index in [-0.39, 0.29) is 0 Å². The van der Waals surface area contributed by atoms with E-state index in [4.69, 9.17) is 4.74 Å². The van der Waals surface area contributed by atoms with E-state index in [9.17, 15) is 0 Å². The second-order valence-corrected chi connectivity index (χ2v) is 6.52. The van der Waals surface area contributed by atoms with Gasteiger partial charge in [-0.3, -0.25) is 0 Å². The van der Waals surface area contributed by atoms with Crippen molar-refractivity contribution >= 4 is 24.6 Å². The third kappa shape index (κ3) is 2.08. The van der Waals surface area contributed by atoms with Gasteiger partial charge >= 0.3 is 0 Å². The molecule has 1 aliphatic heterocycles. The predicted octanol–water partition coefficient (Wildman–Crippen LogP) is 2.49. The number of aromatic nitrogens is 2. The van der Waals surface area contributed by atoms with E-state index in [1.807, 2.05) is 13.3 Å². The lowest BCUT2D eigenvalue weighted by Crippen LogP contribution is -2.16. The average molecular weight is 308 g/mol. The fourth-order valence-corrected chi connectivity index (χ4v) is 3.86. The van der Waals surface area contributed by atoms with Crippen molar-refractivity contribution in [3.63, 3.8) is 0 Å². The minimum Gasteiger partial charge on any atom is -0.494 e. The lowest BCUT2D eigenvalue weighted by Gasteiger charge is -2.22. The summed E-state index contributed by atoms with van der Waals surface area (Å²) >= 11 is 1.74. The molecule has 0 bridgehead atoms. The number of fused-ring (bicyclic) bond motifs is 3. The van der Waals surface area contributed by atoms with Crippen molar-refractivity contribution in [1.82, 2.24) is 9.55 Å². The Balaban J connectivity index is 1.90. The summed E-state index contributed by atoms with van der Waals surface area (Å²) in [6.07, 6.45) is 3.00. The standard InChI is InChI=1S/C17H17BN2OS/c1-2-21-14-8-11-5-6-20-10-19-16(15-4-3-7-22-15)17(20)12(11)9-13(14)18/h3-4,7-10H,2,5-6,18H2,1H3. The van der Waals surface area contributed by atoms with E-state index in [1.54, 1.807) is 11.3 Å². The monoisotopic (exact) mass is 308 g/mol. The molecule has 3 heterocycles. The summed E-state index contributed by atoms with van der Waals surface area (Å²) in [5.74, 6) is 1.01. The van der Waals surface area contributed by atoms with Gasteiger partial charge in [0.2, 0.25) is 0 Å². The van der Waals surface area contributed by atoms with Crippen LogP contribution in [-0.4, -0.2) is 24.0 Å². The molecule has 3 nitrogen and oxygen atoms in total. The number of rotatable bonds is 3. The second-order valence-electron chi connectivity index (χ2n) is 5.57. The molecule has 0 N–H and O–H groups in total. The molecule has 22 heavy (non-hydrogen) atoms. The van der Waals surface area contributed by atoms with Crippen LogP contribution in [0.5, 0.6) is 5.75 Å². The van der Waals surface area contributed by atoms with Crippen molar-refractivity contribution in [3.8, 4) is 27.6 Å². The minimum absolute atomic E-state index is 0.706. The summed E-state index contributed by atoms with van der Waals surface area (Å²) in [4.78, 5) is 5.90. The molecule has 0 radical (unpaired) electrons. The summed E-state index contributed by atoms with van der Waals surface area (Å²) in [5.41, 5.74) is 6.19. The molecule has 110 valence electrons. The number of hydrogen-bond acceptors (Lipinski definition) is 3. The van der Waals surface area contributed by atoms with Crippen LogP contribution < -0.4 is 10.2 Å². The van der Waals surface area contributed by atoms with Gasteiger partial charge in [0.05, 0.1) is 23.5 Å². The van der Waals surface area contributed by atoms with E-state index < -0.39 is 0 Å². The van der Waals surface area contributed by atoms with Gasteiger partial charge in [-0.15, -0.1) is 11.3 Å². The third-order valence-corrected chi connectivity index (χ3v) is 5.05. The van der Waals surface area contributed by atoms with Gasteiger partial charge in [-0.2, -0.15) is 0 Å². The maximum Gasteiger partial charge on any atom is 0.144 e. The number of nitrogens with zero attached hydrogens (tertiary/aromatic N) is 2. The molecule has 2 aromatic heterocycles. The molecule has 0 aliphatic carbocycles. The molecule has 0 atom stereocenters. The van der Waals surface area contributed by atoms with Gasteiger partial charge in [0, 0.05) is 12.1 Å². The molecule has 3 aromatic rings. The van der Waals surface area contributed by atoms with E-state index in [0.29, 0.717) is 6.61 Å². The molecule has 0 unspecified atom stereocenters. The lowest BCUT2D eigenvalue weighted by atomic mass is 9.87. The van der Waals surface area contributed by atoms with Crippen LogP contribution in [0.3, 0.4) is 0 Å². The summed E-state index contributed by atoms with van der Waals surface area (Å²) in [6, 6.07) is 8.69. The Morgan fingerprint density at radius 1 is 1.41 bits per heavy atom. The van der Waals surface area contributed by atoms with Gasteiger partial charge in [-0.05, 0) is 41.9 Å². The number of hydrogen-bond donors (Lipinski definition) is 0. The Morgan fingerprint density at radius 3 is 3.09 bits per heavy atom. The summed E-state index contributed by atoms with van der Waals surface area (Å²) < 4.78 is 8.03. The van der Waals surface area contributed by atoms with Crippen LogP contribution in [0.4, 0.5) is 0 Å². The van der Waals surface area contributed by atoms with Crippen LogP contribution in [0.25, 0.3) is 21.8 Å². The number of aryl methyl sites for hydroxylation is 2. The molecule has 0 fully saturated rings. The molecule has 0 spiro atoms. The van der Waals surface area contributed by atoms with Crippen LogP contribution in [0.2, 0.25) is 0 Å². The SMILES string of the molecule is Bc1cc2c(cc1OCC)CCn1cnc(-c3cccs3)c1-2. The summed E-state index contributed by atoms with van der Waals surface area (Å²) in [7, 11) is 2.12. The largest absolute Gasteiger partial charge is 0.494 e. The van der Waals surface area contributed by atoms with Gasteiger partial charge in [-0.25, -0.2) is 4.98 Å². The normalized spacial score (nSPS) is 12.8. The van der Waals surface area contributed by atoms with Crippen LogP contribution in [0, 0.1) is 0 Å². The molecular weight excluding hydrogens is 291 g/mol. The Bertz CT molecular complexity index is 824. The molecule has 0 amide bonds. The first-order valence-electron chi connectivity index (χ1n) is 7.63. The number of imidazole rings is 1. The molecule has 0 saturated heterocycles. The minimum atomic E-state index is 0.706. The maximum atomic E-state index is 5.75. The van der Waals surface area contributed by atoms with Crippen molar-refractivity contribution in [3.05, 3.63) is 41.5 Å². The van der Waals surface area contributed by atoms with Gasteiger partial charge in [-0.1, -0.05) is 12.1 Å². The topological polar surface area (TPSA) is 27.1 Å². The van der Waals surface area contributed by atoms with Gasteiger partial charge in [0.1, 0.15) is 19.3 Å². The fourth-order valence-electron chi connectivity index (χ4n) is 3.14. The third-order valence-electron chi connectivity index (χ3n) is 4.17. The van der Waals surface area contributed by atoms with E-state index in [1.165, 1.54) is 27.2 Å². The van der Waals surface area contributed by atoms with Crippen LogP contribution in [0.15, 0.2) is 36.0 Å². The Kier molecular flexibility index (Phi) is 3.30. The van der Waals surface area contributed by atoms with Crippen LogP contribution in [0.1, 0.15) is 12.5 Å². The zero-order chi connectivity index (χ0) is 15.1. The first kappa shape index (κ1) is 13.6. The molecule has 4 rings (SSSR count). The number of ether oxygens (including phenoxy) is 1. The first-order valence-corrected chi connectivity index (χ1v) is 8.51. The second kappa shape index (κ2) is 5.32. The van der Waals surface area contributed by atoms with Crippen molar-refractivity contribution < 1.29 is 4.74 Å². The van der Waals surface area contributed by atoms with Crippen molar-refractivity contribution in [2.45, 2.75) is 19.9 Å². The fraction of sp³-hybridized carbons (Fsp3) is 0.235. The van der Waals surface area contributed by atoms with Crippen molar-refractivity contribution in [1.29, 1.82) is 0 Å². The molecule has 5 heteroatoms. The Labute approximate surface area is 135 Å². The maximum absolute atomic E-state index is 5.75. The van der Waals surface area contributed by atoms with Crippen LogP contribution in [-0.2, 0) is 13.0 Å². The van der Waals surface area contributed by atoms with Gasteiger partial charge in [0.15, 0.2) is 0 Å². The lowest BCUT2D eigenvalue weighted by molar-refractivity contribution is 0.342. The zero-order valence-electron chi connectivity index (χ0n) is 12.8. The highest BCUT2D eigenvalue weighted by Crippen LogP contribution is 2.38. The number of thiophene rings is 1.